The van der Waals surface area contributed by atoms with Gasteiger partial charge in [-0.3, -0.25) is 0 Å². The summed E-state index contributed by atoms with van der Waals surface area (Å²) in [5, 5.41) is 3.05. The Morgan fingerprint density at radius 3 is 2.29 bits per heavy atom. The lowest BCUT2D eigenvalue weighted by atomic mass is 10.00. The normalized spacial score (nSPS) is 12.4. The number of fused-ring (bicyclic) bond motifs is 1. The first-order valence-corrected chi connectivity index (χ1v) is 7.75. The van der Waals surface area contributed by atoms with Crippen LogP contribution in [0, 0.1) is 0 Å². The highest BCUT2D eigenvalue weighted by atomic mass is 16.5. The van der Waals surface area contributed by atoms with Crippen LogP contribution in [0.25, 0.3) is 16.8 Å². The van der Waals surface area contributed by atoms with E-state index < -0.39 is 0 Å². The Morgan fingerprint density at radius 2 is 1.50 bits per heavy atom. The molecule has 0 atom stereocenters. The van der Waals surface area contributed by atoms with Gasteiger partial charge < -0.3 is 10.1 Å². The van der Waals surface area contributed by atoms with Crippen molar-refractivity contribution in [3.8, 4) is 22.6 Å². The Bertz CT molecular complexity index is 912. The second-order valence-corrected chi connectivity index (χ2v) is 5.55. The number of para-hydroxylation sites is 1. The minimum Gasteiger partial charge on any atom is -0.457 e. The van der Waals surface area contributed by atoms with Gasteiger partial charge in [0.05, 0.1) is 12.0 Å². The quantitative estimate of drug-likeness (QED) is 0.704. The monoisotopic (exact) mass is 312 g/mol. The summed E-state index contributed by atoms with van der Waals surface area (Å²) in [6.07, 6.45) is 1.67. The molecule has 1 aliphatic rings. The van der Waals surface area contributed by atoms with E-state index in [1.165, 1.54) is 0 Å². The predicted octanol–water partition coefficient (Wildman–Crippen LogP) is 5.38. The molecule has 3 heteroatoms. The summed E-state index contributed by atoms with van der Waals surface area (Å²) in [5.41, 5.74) is 5.08. The number of benzene rings is 3. The van der Waals surface area contributed by atoms with Gasteiger partial charge in [-0.25, -0.2) is 4.99 Å². The van der Waals surface area contributed by atoms with E-state index in [0.717, 1.165) is 39.6 Å². The Balaban J connectivity index is 1.60. The molecule has 1 heterocycles. The largest absolute Gasteiger partial charge is 0.457 e. The van der Waals surface area contributed by atoms with E-state index in [-0.39, 0.29) is 0 Å². The summed E-state index contributed by atoms with van der Waals surface area (Å²) in [4.78, 5) is 4.32. The number of ether oxygens (including phenoxy) is 1. The number of hydrogen-bond acceptors (Lipinski definition) is 3. The molecule has 0 radical (unpaired) electrons. The average molecular weight is 312 g/mol. The van der Waals surface area contributed by atoms with Crippen molar-refractivity contribution >= 4 is 17.7 Å². The molecule has 24 heavy (non-hydrogen) atoms. The number of hydrogen-bond donors (Lipinski definition) is 1. The van der Waals surface area contributed by atoms with Crippen LogP contribution in [-0.2, 0) is 0 Å². The number of nitrogens with zero attached hydrogens (tertiary/aromatic N) is 1. The summed E-state index contributed by atoms with van der Waals surface area (Å²) < 4.78 is 5.83. The summed E-state index contributed by atoms with van der Waals surface area (Å²) in [5.74, 6) is 1.65. The zero-order chi connectivity index (χ0) is 16.4. The third kappa shape index (κ3) is 2.79. The lowest BCUT2D eigenvalue weighted by molar-refractivity contribution is 0.483. The van der Waals surface area contributed by atoms with Crippen molar-refractivity contribution < 1.29 is 4.74 Å². The van der Waals surface area contributed by atoms with Gasteiger partial charge in [0.25, 0.3) is 0 Å². The zero-order valence-electron chi connectivity index (χ0n) is 13.1. The van der Waals surface area contributed by atoms with Crippen molar-refractivity contribution in [1.29, 1.82) is 0 Å². The molecule has 4 rings (SSSR count). The Kier molecular flexibility index (Phi) is 3.60. The van der Waals surface area contributed by atoms with E-state index in [1.807, 2.05) is 48.5 Å². The molecular formula is C21H16N2O. The highest BCUT2D eigenvalue weighted by Crippen LogP contribution is 2.32. The van der Waals surface area contributed by atoms with Gasteiger partial charge in [-0.1, -0.05) is 43.0 Å². The average Bonchev–Trinajstić information content (AvgIpc) is 2.63. The molecule has 0 spiro atoms. The number of nitrogens with one attached hydrogen (secondary N) is 1. The first kappa shape index (κ1) is 14.3. The van der Waals surface area contributed by atoms with Gasteiger partial charge >= 0.3 is 0 Å². The fourth-order valence-corrected chi connectivity index (χ4v) is 2.67. The topological polar surface area (TPSA) is 33.6 Å². The maximum Gasteiger partial charge on any atom is 0.127 e. The lowest BCUT2D eigenvalue weighted by Crippen LogP contribution is -2.12. The molecule has 0 fully saturated rings. The van der Waals surface area contributed by atoms with Crippen LogP contribution < -0.4 is 10.1 Å². The molecule has 3 nitrogen and oxygen atoms in total. The maximum absolute atomic E-state index is 5.83. The first-order valence-electron chi connectivity index (χ1n) is 7.75. The van der Waals surface area contributed by atoms with Crippen molar-refractivity contribution in [3.05, 3.63) is 84.9 Å². The van der Waals surface area contributed by atoms with Crippen molar-refractivity contribution in [2.75, 3.05) is 0 Å². The van der Waals surface area contributed by atoms with Gasteiger partial charge in [-0.15, -0.1) is 0 Å². The van der Waals surface area contributed by atoms with Crippen LogP contribution >= 0.6 is 0 Å². The minimum absolute atomic E-state index is 0.818. The van der Waals surface area contributed by atoms with Crippen LogP contribution in [0.3, 0.4) is 0 Å². The molecule has 0 saturated carbocycles. The van der Waals surface area contributed by atoms with Crippen molar-refractivity contribution in [3.63, 3.8) is 0 Å². The fraction of sp³-hybridized carbons (Fsp3) is 0. The van der Waals surface area contributed by atoms with Gasteiger partial charge in [0.15, 0.2) is 0 Å². The lowest BCUT2D eigenvalue weighted by Gasteiger charge is -2.15. The zero-order valence-corrected chi connectivity index (χ0v) is 13.1. The standard InChI is InChI=1S/C21H16N2O/c1-15-20-13-17(9-12-21(20)23-14-22-15)16-7-10-19(11-8-16)24-18-5-3-2-4-6-18/h2-14H,1H2,(H,22,23). The Hall–Kier alpha value is -3.33. The van der Waals surface area contributed by atoms with Crippen molar-refractivity contribution in [1.82, 2.24) is 5.32 Å². The molecule has 3 aromatic carbocycles. The SMILES string of the molecule is C=C1NC=Nc2ccc(-c3ccc(Oc4ccccc4)cc3)cc21. The van der Waals surface area contributed by atoms with E-state index in [9.17, 15) is 0 Å². The Morgan fingerprint density at radius 1 is 0.792 bits per heavy atom. The predicted molar refractivity (Wildman–Crippen MR) is 98.7 cm³/mol. The second-order valence-electron chi connectivity index (χ2n) is 5.55. The molecule has 0 saturated heterocycles. The number of rotatable bonds is 3. The van der Waals surface area contributed by atoms with Crippen LogP contribution in [0.5, 0.6) is 11.5 Å². The summed E-state index contributed by atoms with van der Waals surface area (Å²) in [6, 6.07) is 24.0. The molecule has 0 aromatic heterocycles. The van der Waals surface area contributed by atoms with Crippen LogP contribution in [0.2, 0.25) is 0 Å². The molecule has 0 amide bonds. The molecule has 1 N–H and O–H groups in total. The summed E-state index contributed by atoms with van der Waals surface area (Å²) in [7, 11) is 0. The molecule has 116 valence electrons. The minimum atomic E-state index is 0.818. The van der Waals surface area contributed by atoms with E-state index in [2.05, 4.69) is 41.2 Å². The highest BCUT2D eigenvalue weighted by Gasteiger charge is 2.10. The Labute approximate surface area is 141 Å². The van der Waals surface area contributed by atoms with Crippen LogP contribution in [-0.4, -0.2) is 6.34 Å². The van der Waals surface area contributed by atoms with Crippen molar-refractivity contribution in [2.45, 2.75) is 0 Å². The van der Waals surface area contributed by atoms with Gasteiger partial charge in [-0.05, 0) is 47.5 Å². The highest BCUT2D eigenvalue weighted by molar-refractivity contribution is 5.88. The van der Waals surface area contributed by atoms with Crippen LogP contribution in [0.15, 0.2) is 84.4 Å². The molecule has 0 bridgehead atoms. The summed E-state index contributed by atoms with van der Waals surface area (Å²) in [6.45, 7) is 4.03. The molecule has 1 aliphatic heterocycles. The third-order valence-corrected chi connectivity index (χ3v) is 3.93. The van der Waals surface area contributed by atoms with Gasteiger partial charge in [0, 0.05) is 11.3 Å². The molecular weight excluding hydrogens is 296 g/mol. The molecule has 3 aromatic rings. The van der Waals surface area contributed by atoms with Crippen LogP contribution in [0.1, 0.15) is 5.56 Å². The smallest absolute Gasteiger partial charge is 0.127 e. The molecule has 0 unspecified atom stereocenters. The first-order chi connectivity index (χ1) is 11.8. The van der Waals surface area contributed by atoms with Crippen LogP contribution in [0.4, 0.5) is 5.69 Å². The molecule has 0 aliphatic carbocycles. The fourth-order valence-electron chi connectivity index (χ4n) is 2.67. The second kappa shape index (κ2) is 6.05. The van der Waals surface area contributed by atoms with Crippen molar-refractivity contribution in [2.24, 2.45) is 4.99 Å². The van der Waals surface area contributed by atoms with E-state index in [1.54, 1.807) is 6.34 Å². The van der Waals surface area contributed by atoms with E-state index >= 15 is 0 Å². The van der Waals surface area contributed by atoms with E-state index in [0.29, 0.717) is 0 Å². The van der Waals surface area contributed by atoms with Gasteiger partial charge in [-0.2, -0.15) is 0 Å². The number of aliphatic imine (C=N–C) groups is 1. The third-order valence-electron chi connectivity index (χ3n) is 3.93. The van der Waals surface area contributed by atoms with Gasteiger partial charge in [0.2, 0.25) is 0 Å². The van der Waals surface area contributed by atoms with Gasteiger partial charge in [0.1, 0.15) is 11.5 Å². The summed E-state index contributed by atoms with van der Waals surface area (Å²) >= 11 is 0. The maximum atomic E-state index is 5.83. The van der Waals surface area contributed by atoms with E-state index in [4.69, 9.17) is 4.74 Å².